The van der Waals surface area contributed by atoms with Crippen LogP contribution in [-0.2, 0) is 4.79 Å². The van der Waals surface area contributed by atoms with E-state index in [0.29, 0.717) is 29.6 Å². The van der Waals surface area contributed by atoms with Crippen molar-refractivity contribution in [2.45, 2.75) is 39.7 Å². The van der Waals surface area contributed by atoms with E-state index in [9.17, 15) is 9.59 Å². The molecule has 1 saturated heterocycles. The average molecular weight is 341 g/mol. The molecule has 2 atom stereocenters. The van der Waals surface area contributed by atoms with E-state index in [2.05, 4.69) is 15.4 Å². The molecule has 25 heavy (non-hydrogen) atoms. The van der Waals surface area contributed by atoms with Gasteiger partial charge in [0, 0.05) is 37.3 Å². The Bertz CT molecular complexity index is 855. The first-order valence-corrected chi connectivity index (χ1v) is 8.82. The molecule has 0 aromatic carbocycles. The van der Waals surface area contributed by atoms with E-state index >= 15 is 0 Å². The molecular formula is C18H23N5O2. The number of rotatable bonds is 3. The van der Waals surface area contributed by atoms with Gasteiger partial charge in [0.05, 0.1) is 12.2 Å². The number of hydrogen-bond acceptors (Lipinski definition) is 4. The van der Waals surface area contributed by atoms with Crippen molar-refractivity contribution in [3.8, 4) is 0 Å². The number of amides is 2. The van der Waals surface area contributed by atoms with Crippen molar-refractivity contribution in [3.63, 3.8) is 0 Å². The van der Waals surface area contributed by atoms with Crippen LogP contribution in [0.15, 0.2) is 12.3 Å². The molecule has 1 aliphatic carbocycles. The largest absolute Gasteiger partial charge is 0.347 e. The van der Waals surface area contributed by atoms with E-state index in [1.807, 2.05) is 24.8 Å². The van der Waals surface area contributed by atoms with Crippen LogP contribution in [0.2, 0.25) is 0 Å². The van der Waals surface area contributed by atoms with Crippen molar-refractivity contribution in [2.24, 2.45) is 11.8 Å². The molecule has 1 aliphatic heterocycles. The van der Waals surface area contributed by atoms with Gasteiger partial charge in [-0.2, -0.15) is 5.10 Å². The number of likely N-dealkylation sites (tertiary alicyclic amines) is 1. The number of nitrogens with zero attached hydrogens (tertiary/aromatic N) is 4. The lowest BCUT2D eigenvalue weighted by Gasteiger charge is -2.18. The highest BCUT2D eigenvalue weighted by atomic mass is 16.2. The van der Waals surface area contributed by atoms with Crippen molar-refractivity contribution in [1.82, 2.24) is 24.8 Å². The minimum atomic E-state index is -0.159. The van der Waals surface area contributed by atoms with Crippen LogP contribution in [0.1, 0.15) is 41.5 Å². The van der Waals surface area contributed by atoms with Gasteiger partial charge in [0.25, 0.3) is 5.91 Å². The SMILES string of the molecule is CC(=O)N1C[C@@H](NC(=O)c2cnn3c(C)cc(C)nc23)[C@H](C2CC2)C1. The molecule has 3 heterocycles. The molecule has 0 spiro atoms. The van der Waals surface area contributed by atoms with Gasteiger partial charge in [-0.15, -0.1) is 0 Å². The fourth-order valence-corrected chi connectivity index (χ4v) is 3.92. The summed E-state index contributed by atoms with van der Waals surface area (Å²) >= 11 is 0. The monoisotopic (exact) mass is 341 g/mol. The number of aryl methyl sites for hydroxylation is 2. The molecule has 2 aromatic rings. The summed E-state index contributed by atoms with van der Waals surface area (Å²) < 4.78 is 1.69. The summed E-state index contributed by atoms with van der Waals surface area (Å²) in [6, 6.07) is 1.94. The van der Waals surface area contributed by atoms with Gasteiger partial charge >= 0.3 is 0 Å². The van der Waals surface area contributed by atoms with E-state index in [1.165, 1.54) is 12.8 Å². The van der Waals surface area contributed by atoms with Crippen LogP contribution >= 0.6 is 0 Å². The number of carbonyl (C=O) groups excluding carboxylic acids is 2. The van der Waals surface area contributed by atoms with Gasteiger partial charge in [-0.05, 0) is 38.7 Å². The zero-order valence-electron chi connectivity index (χ0n) is 14.8. The first kappa shape index (κ1) is 16.1. The number of hydrogen-bond donors (Lipinski definition) is 1. The summed E-state index contributed by atoms with van der Waals surface area (Å²) in [5.41, 5.74) is 2.88. The molecule has 2 fully saturated rings. The molecule has 2 aromatic heterocycles. The van der Waals surface area contributed by atoms with Crippen molar-refractivity contribution < 1.29 is 9.59 Å². The first-order valence-electron chi connectivity index (χ1n) is 8.82. The van der Waals surface area contributed by atoms with E-state index in [4.69, 9.17) is 0 Å². The molecule has 7 nitrogen and oxygen atoms in total. The number of fused-ring (bicyclic) bond motifs is 1. The lowest BCUT2D eigenvalue weighted by atomic mass is 9.98. The minimum absolute atomic E-state index is 0.00440. The summed E-state index contributed by atoms with van der Waals surface area (Å²) in [5, 5.41) is 7.44. The maximum atomic E-state index is 12.9. The zero-order valence-corrected chi connectivity index (χ0v) is 14.8. The maximum absolute atomic E-state index is 12.9. The highest BCUT2D eigenvalue weighted by Gasteiger charge is 2.44. The van der Waals surface area contributed by atoms with E-state index in [-0.39, 0.29) is 17.9 Å². The van der Waals surface area contributed by atoms with Gasteiger partial charge in [0.15, 0.2) is 5.65 Å². The molecule has 1 N–H and O–H groups in total. The summed E-state index contributed by atoms with van der Waals surface area (Å²) in [7, 11) is 0. The third-order valence-electron chi connectivity index (χ3n) is 5.38. The quantitative estimate of drug-likeness (QED) is 0.913. The summed E-state index contributed by atoms with van der Waals surface area (Å²) in [5.74, 6) is 0.896. The molecule has 2 amide bonds. The minimum Gasteiger partial charge on any atom is -0.347 e. The highest BCUT2D eigenvalue weighted by Crippen LogP contribution is 2.41. The fourth-order valence-electron chi connectivity index (χ4n) is 3.92. The van der Waals surface area contributed by atoms with Crippen LogP contribution in [0.25, 0.3) is 5.65 Å². The second-order valence-corrected chi connectivity index (χ2v) is 7.34. The normalized spacial score (nSPS) is 23.2. The second kappa shape index (κ2) is 5.82. The standard InChI is InChI=1S/C18H23N5O2/c1-10-6-11(2)23-17(20-10)14(7-19-23)18(25)21-16-9-22(12(3)24)8-15(16)13-4-5-13/h6-7,13,15-16H,4-5,8-9H2,1-3H3,(H,21,25)/t15-,16+/m0/s1. The summed E-state index contributed by atoms with van der Waals surface area (Å²) in [4.78, 5) is 30.9. The van der Waals surface area contributed by atoms with Gasteiger partial charge in [-0.3, -0.25) is 9.59 Å². The molecular weight excluding hydrogens is 318 g/mol. The second-order valence-electron chi connectivity index (χ2n) is 7.34. The van der Waals surface area contributed by atoms with Gasteiger partial charge in [-0.1, -0.05) is 0 Å². The Morgan fingerprint density at radius 2 is 2.00 bits per heavy atom. The van der Waals surface area contributed by atoms with Crippen LogP contribution in [0, 0.1) is 25.7 Å². The fraction of sp³-hybridized carbons (Fsp3) is 0.556. The van der Waals surface area contributed by atoms with Crippen molar-refractivity contribution in [1.29, 1.82) is 0 Å². The Kier molecular flexibility index (Phi) is 3.74. The third-order valence-corrected chi connectivity index (χ3v) is 5.38. The topological polar surface area (TPSA) is 79.6 Å². The number of nitrogens with one attached hydrogen (secondary N) is 1. The van der Waals surface area contributed by atoms with Crippen molar-refractivity contribution >= 4 is 17.5 Å². The van der Waals surface area contributed by atoms with Gasteiger partial charge in [0.2, 0.25) is 5.91 Å². The predicted octanol–water partition coefficient (Wildman–Crippen LogP) is 1.33. The lowest BCUT2D eigenvalue weighted by molar-refractivity contribution is -0.128. The number of aromatic nitrogens is 3. The van der Waals surface area contributed by atoms with Gasteiger partial charge < -0.3 is 10.2 Å². The molecule has 0 bridgehead atoms. The van der Waals surface area contributed by atoms with Gasteiger partial charge in [-0.25, -0.2) is 9.50 Å². The zero-order chi connectivity index (χ0) is 17.7. The average Bonchev–Trinajstić information content (AvgIpc) is 3.15. The predicted molar refractivity (Wildman–Crippen MR) is 92.2 cm³/mol. The number of carbonyl (C=O) groups is 2. The molecule has 0 radical (unpaired) electrons. The Morgan fingerprint density at radius 1 is 1.24 bits per heavy atom. The highest BCUT2D eigenvalue weighted by molar-refractivity contribution is 6.00. The molecule has 2 aliphatic rings. The van der Waals surface area contributed by atoms with Crippen LogP contribution in [0.5, 0.6) is 0 Å². The van der Waals surface area contributed by atoms with Gasteiger partial charge in [0.1, 0.15) is 5.56 Å². The Labute approximate surface area is 146 Å². The Balaban J connectivity index is 1.58. The molecule has 1 saturated carbocycles. The molecule has 4 rings (SSSR count). The van der Waals surface area contributed by atoms with Crippen LogP contribution < -0.4 is 5.32 Å². The van der Waals surface area contributed by atoms with E-state index in [0.717, 1.165) is 17.9 Å². The molecule has 0 unspecified atom stereocenters. The van der Waals surface area contributed by atoms with Crippen molar-refractivity contribution in [3.05, 3.63) is 29.2 Å². The van der Waals surface area contributed by atoms with E-state index in [1.54, 1.807) is 17.6 Å². The lowest BCUT2D eigenvalue weighted by Crippen LogP contribution is -2.41. The van der Waals surface area contributed by atoms with Crippen LogP contribution in [0.3, 0.4) is 0 Å². The first-order chi connectivity index (χ1) is 11.9. The van der Waals surface area contributed by atoms with Crippen LogP contribution in [0.4, 0.5) is 0 Å². The van der Waals surface area contributed by atoms with Crippen LogP contribution in [-0.4, -0.2) is 50.4 Å². The molecule has 7 heteroatoms. The Morgan fingerprint density at radius 3 is 2.68 bits per heavy atom. The summed E-state index contributed by atoms with van der Waals surface area (Å²) in [6.45, 7) is 6.78. The van der Waals surface area contributed by atoms with E-state index < -0.39 is 0 Å². The Hall–Kier alpha value is -2.44. The maximum Gasteiger partial charge on any atom is 0.257 e. The summed E-state index contributed by atoms with van der Waals surface area (Å²) in [6.07, 6.45) is 3.97. The molecule has 132 valence electrons. The smallest absolute Gasteiger partial charge is 0.257 e. The third kappa shape index (κ3) is 2.88. The van der Waals surface area contributed by atoms with Crippen molar-refractivity contribution in [2.75, 3.05) is 13.1 Å².